The van der Waals surface area contributed by atoms with Crippen molar-refractivity contribution in [2.24, 2.45) is 4.99 Å². The molecule has 0 bridgehead atoms. The Bertz CT molecular complexity index is 21.2. The lowest BCUT2D eigenvalue weighted by atomic mass is 11.4. The lowest BCUT2D eigenvalue weighted by Gasteiger charge is -1.50. The third-order valence-electron chi connectivity index (χ3n) is 0.0976. The van der Waals surface area contributed by atoms with E-state index in [1.807, 2.05) is 0 Å². The molecule has 0 heterocycles. The number of hydrogen-bond donors (Lipinski definition) is 0. The maximum Gasteiger partial charge on any atom is 0.0637 e. The molecule has 4 heavy (non-hydrogen) atoms. The predicted octanol–water partition coefficient (Wildman–Crippen LogP) is 1.04. The van der Waals surface area contributed by atoms with Gasteiger partial charge in [0, 0.05) is 7.05 Å². The summed E-state index contributed by atoms with van der Waals surface area (Å²) in [7, 11) is 1.70. The van der Waals surface area contributed by atoms with Crippen LogP contribution < -0.4 is 0 Å². The van der Waals surface area contributed by atoms with Crippen LogP contribution in [0.1, 0.15) is 0 Å². The monoisotopic (exact) mass is 121 g/mol. The number of hydrogen-bond acceptors (Lipinski definition) is 1. The van der Waals surface area contributed by atoms with Crippen LogP contribution in [0.25, 0.3) is 0 Å². The average Bonchev–Trinajstić information content (AvgIpc) is 1.37. The lowest BCUT2D eigenvalue weighted by molar-refractivity contribution is 1.49. The molecule has 0 radical (unpaired) electrons. The van der Waals surface area contributed by atoms with Crippen LogP contribution in [-0.4, -0.2) is 12.2 Å². The van der Waals surface area contributed by atoms with Gasteiger partial charge in [0.15, 0.2) is 0 Å². The molecule has 0 atom stereocenters. The molecule has 0 saturated carbocycles. The summed E-state index contributed by atoms with van der Waals surface area (Å²) in [6, 6.07) is 0. The molecule has 0 aromatic carbocycles. The van der Waals surface area contributed by atoms with E-state index in [9.17, 15) is 0 Å². The fourth-order valence-electron chi connectivity index (χ4n) is 0. The SMILES string of the molecule is CN=CBr. The zero-order chi connectivity index (χ0) is 3.41. The van der Waals surface area contributed by atoms with Crippen molar-refractivity contribution < 1.29 is 0 Å². The predicted molar refractivity (Wildman–Crippen MR) is 23.3 cm³/mol. The summed E-state index contributed by atoms with van der Waals surface area (Å²) in [5, 5.41) is 1.56. The Morgan fingerprint density at radius 1 is 2.00 bits per heavy atom. The molecule has 0 amide bonds. The first-order valence-corrected chi connectivity index (χ1v) is 1.84. The molecule has 2 heteroatoms. The largest absolute Gasteiger partial charge is 0.289 e. The van der Waals surface area contributed by atoms with E-state index in [0.717, 1.165) is 0 Å². The second-order valence-corrected chi connectivity index (χ2v) is 0.765. The highest BCUT2D eigenvalue weighted by molar-refractivity contribution is 9.17. The van der Waals surface area contributed by atoms with Crippen LogP contribution in [0.3, 0.4) is 0 Å². The number of nitrogens with zero attached hydrogens (tertiary/aromatic N) is 1. The Morgan fingerprint density at radius 3 is 2.25 bits per heavy atom. The third-order valence-corrected chi connectivity index (χ3v) is 0.507. The molecule has 1 nitrogen and oxygen atoms in total. The van der Waals surface area contributed by atoms with Crippen molar-refractivity contribution in [3.8, 4) is 0 Å². The third kappa shape index (κ3) is 2.15. The maximum atomic E-state index is 3.53. The summed E-state index contributed by atoms with van der Waals surface area (Å²) in [4.78, 5) is 3.53. The van der Waals surface area contributed by atoms with E-state index < -0.39 is 0 Å². The van der Waals surface area contributed by atoms with Crippen LogP contribution in [0.15, 0.2) is 4.99 Å². The summed E-state index contributed by atoms with van der Waals surface area (Å²) in [6.07, 6.45) is 0. The molecule has 0 saturated heterocycles. The van der Waals surface area contributed by atoms with Crippen LogP contribution in [0.5, 0.6) is 0 Å². The summed E-state index contributed by atoms with van der Waals surface area (Å²) < 4.78 is 0. The van der Waals surface area contributed by atoms with Crippen LogP contribution in [0.4, 0.5) is 0 Å². The van der Waals surface area contributed by atoms with Crippen LogP contribution in [-0.2, 0) is 0 Å². The Labute approximate surface area is 33.9 Å². The van der Waals surface area contributed by atoms with Crippen molar-refractivity contribution in [2.75, 3.05) is 7.05 Å². The Morgan fingerprint density at radius 2 is 2.25 bits per heavy atom. The highest BCUT2D eigenvalue weighted by atomic mass is 79.9. The van der Waals surface area contributed by atoms with Crippen LogP contribution >= 0.6 is 15.9 Å². The van der Waals surface area contributed by atoms with Gasteiger partial charge in [-0.1, -0.05) is 0 Å². The smallest absolute Gasteiger partial charge is 0.0637 e. The standard InChI is InChI=1S/C2H4BrN/c1-4-2-3/h2H,1H3. The second-order valence-electron chi connectivity index (χ2n) is 0.356. The zero-order valence-electron chi connectivity index (χ0n) is 2.40. The highest BCUT2D eigenvalue weighted by Gasteiger charge is 1.35. The van der Waals surface area contributed by atoms with Crippen molar-refractivity contribution in [3.63, 3.8) is 0 Å². The van der Waals surface area contributed by atoms with Gasteiger partial charge in [-0.3, -0.25) is 4.99 Å². The summed E-state index contributed by atoms with van der Waals surface area (Å²) in [5.74, 6) is 0. The molecule has 24 valence electrons. The van der Waals surface area contributed by atoms with Crippen molar-refractivity contribution in [2.45, 2.75) is 0 Å². The molecule has 0 aromatic rings. The van der Waals surface area contributed by atoms with Gasteiger partial charge in [0.1, 0.15) is 0 Å². The molecule has 0 spiro atoms. The first-order chi connectivity index (χ1) is 1.91. The van der Waals surface area contributed by atoms with E-state index in [1.54, 1.807) is 12.2 Å². The quantitative estimate of drug-likeness (QED) is 0.425. The Balaban J connectivity index is 2.55. The number of aliphatic imine (C=N–C) groups is 1. The fourth-order valence-corrected chi connectivity index (χ4v) is 0. The Kier molecular flexibility index (Phi) is 3.27. The number of rotatable bonds is 0. The Hall–Kier alpha value is 0.150. The number of halogens is 1. The minimum Gasteiger partial charge on any atom is -0.289 e. The van der Waals surface area contributed by atoms with Gasteiger partial charge in [-0.2, -0.15) is 0 Å². The van der Waals surface area contributed by atoms with E-state index in [1.165, 1.54) is 0 Å². The van der Waals surface area contributed by atoms with Gasteiger partial charge in [-0.25, -0.2) is 0 Å². The van der Waals surface area contributed by atoms with Crippen LogP contribution in [0, 0.1) is 0 Å². The molecule has 0 N–H and O–H groups in total. The van der Waals surface area contributed by atoms with Gasteiger partial charge in [0.25, 0.3) is 0 Å². The molecular weight excluding hydrogens is 118 g/mol. The van der Waals surface area contributed by atoms with Gasteiger partial charge in [-0.15, -0.1) is 0 Å². The van der Waals surface area contributed by atoms with Crippen molar-refractivity contribution in [3.05, 3.63) is 0 Å². The van der Waals surface area contributed by atoms with Gasteiger partial charge >= 0.3 is 0 Å². The molecule has 0 rings (SSSR count). The zero-order valence-corrected chi connectivity index (χ0v) is 3.99. The fraction of sp³-hybridized carbons (Fsp3) is 0.500. The van der Waals surface area contributed by atoms with Gasteiger partial charge in [0.2, 0.25) is 0 Å². The van der Waals surface area contributed by atoms with E-state index >= 15 is 0 Å². The van der Waals surface area contributed by atoms with E-state index in [4.69, 9.17) is 0 Å². The molecular formula is C2H4BrN. The molecule has 0 fully saturated rings. The van der Waals surface area contributed by atoms with Crippen molar-refractivity contribution in [1.82, 2.24) is 0 Å². The molecule has 0 aliphatic carbocycles. The maximum absolute atomic E-state index is 3.53. The van der Waals surface area contributed by atoms with Crippen molar-refractivity contribution >= 4 is 21.1 Å². The van der Waals surface area contributed by atoms with E-state index in [2.05, 4.69) is 20.9 Å². The van der Waals surface area contributed by atoms with Gasteiger partial charge < -0.3 is 0 Å². The van der Waals surface area contributed by atoms with Crippen LogP contribution in [0.2, 0.25) is 0 Å². The molecule has 0 aliphatic rings. The first kappa shape index (κ1) is 4.15. The van der Waals surface area contributed by atoms with E-state index in [-0.39, 0.29) is 0 Å². The highest BCUT2D eigenvalue weighted by Crippen LogP contribution is 1.61. The first-order valence-electron chi connectivity index (χ1n) is 0.924. The molecule has 0 aromatic heterocycles. The van der Waals surface area contributed by atoms with Gasteiger partial charge in [0.05, 0.1) is 5.12 Å². The average molecular weight is 122 g/mol. The summed E-state index contributed by atoms with van der Waals surface area (Å²) >= 11 is 2.96. The molecule has 0 unspecified atom stereocenters. The summed E-state index contributed by atoms with van der Waals surface area (Å²) in [6.45, 7) is 0. The summed E-state index contributed by atoms with van der Waals surface area (Å²) in [5.41, 5.74) is 0. The minimum atomic E-state index is 1.56. The van der Waals surface area contributed by atoms with Crippen molar-refractivity contribution in [1.29, 1.82) is 0 Å². The lowest BCUT2D eigenvalue weighted by Crippen LogP contribution is -1.40. The van der Waals surface area contributed by atoms with Gasteiger partial charge in [-0.05, 0) is 15.9 Å². The second kappa shape index (κ2) is 3.15. The topological polar surface area (TPSA) is 12.4 Å². The minimum absolute atomic E-state index is 1.56. The molecule has 0 aliphatic heterocycles. The van der Waals surface area contributed by atoms with E-state index in [0.29, 0.717) is 0 Å². The normalized spacial score (nSPS) is 9.50.